The number of unbranched alkanes of at least 4 members (excludes halogenated alkanes) is 2. The summed E-state index contributed by atoms with van der Waals surface area (Å²) in [6.07, 6.45) is 11.6. The Balaban J connectivity index is 2.39. The molecule has 0 amide bonds. The summed E-state index contributed by atoms with van der Waals surface area (Å²) in [5.41, 5.74) is 2.15. The highest BCUT2D eigenvalue weighted by Gasteiger charge is 2.32. The Labute approximate surface area is 162 Å². The van der Waals surface area contributed by atoms with Crippen LogP contribution in [0.4, 0.5) is 0 Å². The molecule has 1 unspecified atom stereocenters. The van der Waals surface area contributed by atoms with Crippen LogP contribution in [0.5, 0.6) is 17.2 Å². The maximum absolute atomic E-state index is 11.7. The summed E-state index contributed by atoms with van der Waals surface area (Å²) in [5, 5.41) is 10.5. The van der Waals surface area contributed by atoms with Crippen molar-refractivity contribution in [3.63, 3.8) is 0 Å². The summed E-state index contributed by atoms with van der Waals surface area (Å²) < 4.78 is 11.9. The molecule has 148 valence electrons. The number of phenolic OH excluding ortho intramolecular Hbond substituents is 1. The smallest absolute Gasteiger partial charge is 0.308 e. The molecule has 0 saturated heterocycles. The molecule has 0 bridgehead atoms. The van der Waals surface area contributed by atoms with Gasteiger partial charge in [-0.3, -0.25) is 4.79 Å². The Bertz CT molecular complexity index is 741. The minimum Gasteiger partial charge on any atom is -0.507 e. The van der Waals surface area contributed by atoms with Gasteiger partial charge in [-0.2, -0.15) is 0 Å². The molecule has 0 saturated carbocycles. The summed E-state index contributed by atoms with van der Waals surface area (Å²) in [5.74, 6) is 0.696. The van der Waals surface area contributed by atoms with Gasteiger partial charge in [0.05, 0.1) is 5.56 Å². The molecule has 0 radical (unpaired) electrons. The number of phenols is 1. The lowest BCUT2D eigenvalue weighted by Crippen LogP contribution is -2.32. The van der Waals surface area contributed by atoms with Crippen LogP contribution in [0.1, 0.15) is 77.8 Å². The number of ether oxygens (including phenoxy) is 2. The van der Waals surface area contributed by atoms with E-state index in [1.165, 1.54) is 12.5 Å². The zero-order valence-electron chi connectivity index (χ0n) is 17.2. The lowest BCUT2D eigenvalue weighted by atomic mass is 9.93. The number of carbonyl (C=O) groups excluding carboxylic acids is 1. The van der Waals surface area contributed by atoms with Crippen molar-refractivity contribution in [2.75, 3.05) is 0 Å². The summed E-state index contributed by atoms with van der Waals surface area (Å²) in [6, 6.07) is 1.70. The molecule has 0 aliphatic carbocycles. The third-order valence-corrected chi connectivity index (χ3v) is 4.76. The van der Waals surface area contributed by atoms with Crippen molar-refractivity contribution >= 4 is 12.0 Å². The van der Waals surface area contributed by atoms with Gasteiger partial charge in [0.2, 0.25) is 0 Å². The van der Waals surface area contributed by atoms with Crippen molar-refractivity contribution in [3.05, 3.63) is 34.9 Å². The maximum Gasteiger partial charge on any atom is 0.308 e. The van der Waals surface area contributed by atoms with E-state index in [2.05, 4.69) is 26.8 Å². The van der Waals surface area contributed by atoms with Crippen molar-refractivity contribution in [2.45, 2.75) is 78.7 Å². The van der Waals surface area contributed by atoms with E-state index in [1.807, 2.05) is 19.1 Å². The van der Waals surface area contributed by atoms with Crippen molar-refractivity contribution in [1.29, 1.82) is 0 Å². The predicted octanol–water partition coefficient (Wildman–Crippen LogP) is 5.96. The molecule has 1 aromatic carbocycles. The fourth-order valence-corrected chi connectivity index (χ4v) is 3.27. The van der Waals surface area contributed by atoms with Crippen molar-refractivity contribution in [3.8, 4) is 17.2 Å². The number of benzene rings is 1. The van der Waals surface area contributed by atoms with Gasteiger partial charge in [0, 0.05) is 12.5 Å². The average Bonchev–Trinajstić information content (AvgIpc) is 2.57. The van der Waals surface area contributed by atoms with Gasteiger partial charge in [0.25, 0.3) is 0 Å². The topological polar surface area (TPSA) is 55.8 Å². The number of hydrogen-bond donors (Lipinski definition) is 1. The van der Waals surface area contributed by atoms with Gasteiger partial charge in [0.1, 0.15) is 11.4 Å². The molecule has 0 spiro atoms. The molecule has 1 aliphatic heterocycles. The van der Waals surface area contributed by atoms with E-state index in [0.29, 0.717) is 17.1 Å². The molecule has 1 aliphatic rings. The Hall–Kier alpha value is -2.23. The standard InChI is InChI=1S/C23H32O4/c1-6-7-8-11-18-15-20(25)19-12-14-23(5,13-9-10-16(2)3)27-22(19)21(18)26-17(4)24/h10,12,14-15,25H,6-9,11,13H2,1-5H3. The van der Waals surface area contributed by atoms with Crippen LogP contribution in [-0.2, 0) is 11.2 Å². The van der Waals surface area contributed by atoms with Crippen molar-refractivity contribution in [2.24, 2.45) is 0 Å². The van der Waals surface area contributed by atoms with Crippen LogP contribution in [0.3, 0.4) is 0 Å². The Morgan fingerprint density at radius 3 is 2.67 bits per heavy atom. The summed E-state index contributed by atoms with van der Waals surface area (Å²) >= 11 is 0. The first kappa shape index (κ1) is 21.1. The van der Waals surface area contributed by atoms with Crippen LogP contribution < -0.4 is 9.47 Å². The van der Waals surface area contributed by atoms with Crippen LogP contribution in [-0.4, -0.2) is 16.7 Å². The lowest BCUT2D eigenvalue weighted by Gasteiger charge is -2.33. The Morgan fingerprint density at radius 1 is 1.30 bits per heavy atom. The van der Waals surface area contributed by atoms with Crippen LogP contribution in [0, 0.1) is 0 Å². The van der Waals surface area contributed by atoms with E-state index >= 15 is 0 Å². The summed E-state index contributed by atoms with van der Waals surface area (Å²) in [4.78, 5) is 11.7. The van der Waals surface area contributed by atoms with Crippen LogP contribution in [0.2, 0.25) is 0 Å². The van der Waals surface area contributed by atoms with Crippen LogP contribution in [0.25, 0.3) is 6.08 Å². The summed E-state index contributed by atoms with van der Waals surface area (Å²) in [7, 11) is 0. The average molecular weight is 373 g/mol. The van der Waals surface area contributed by atoms with Gasteiger partial charge in [-0.25, -0.2) is 0 Å². The third kappa shape index (κ3) is 5.62. The van der Waals surface area contributed by atoms with Crippen molar-refractivity contribution < 1.29 is 19.4 Å². The SMILES string of the molecule is CCCCCc1cc(O)c2c(c1OC(C)=O)OC(C)(CCC=C(C)C)C=C2. The molecule has 1 N–H and O–H groups in total. The van der Waals surface area contributed by atoms with Gasteiger partial charge < -0.3 is 14.6 Å². The van der Waals surface area contributed by atoms with Gasteiger partial charge in [-0.05, 0) is 64.7 Å². The predicted molar refractivity (Wildman–Crippen MR) is 109 cm³/mol. The zero-order valence-corrected chi connectivity index (χ0v) is 17.2. The Kier molecular flexibility index (Phi) is 7.11. The van der Waals surface area contributed by atoms with Crippen molar-refractivity contribution in [1.82, 2.24) is 0 Å². The second-order valence-electron chi connectivity index (χ2n) is 7.75. The molecule has 1 heterocycles. The molecule has 1 aromatic rings. The fraction of sp³-hybridized carbons (Fsp3) is 0.522. The molecule has 4 heteroatoms. The largest absolute Gasteiger partial charge is 0.507 e. The fourth-order valence-electron chi connectivity index (χ4n) is 3.27. The molecule has 0 aromatic heterocycles. The number of esters is 1. The number of aryl methyl sites for hydroxylation is 1. The lowest BCUT2D eigenvalue weighted by molar-refractivity contribution is -0.132. The highest BCUT2D eigenvalue weighted by atomic mass is 16.6. The van der Waals surface area contributed by atoms with E-state index < -0.39 is 5.60 Å². The monoisotopic (exact) mass is 372 g/mol. The number of allylic oxidation sites excluding steroid dienone is 2. The molecule has 4 nitrogen and oxygen atoms in total. The molecule has 27 heavy (non-hydrogen) atoms. The number of rotatable bonds is 8. The van der Waals surface area contributed by atoms with Crippen LogP contribution >= 0.6 is 0 Å². The maximum atomic E-state index is 11.7. The normalized spacial score (nSPS) is 17.8. The molecule has 1 atom stereocenters. The van der Waals surface area contributed by atoms with Gasteiger partial charge in [-0.15, -0.1) is 0 Å². The highest BCUT2D eigenvalue weighted by molar-refractivity contribution is 5.77. The third-order valence-electron chi connectivity index (χ3n) is 4.76. The van der Waals surface area contributed by atoms with Gasteiger partial charge in [0.15, 0.2) is 11.5 Å². The molecular formula is C23H32O4. The molecular weight excluding hydrogens is 340 g/mol. The van der Waals surface area contributed by atoms with E-state index in [4.69, 9.17) is 9.47 Å². The highest BCUT2D eigenvalue weighted by Crippen LogP contribution is 2.47. The molecule has 0 fully saturated rings. The second kappa shape index (κ2) is 9.12. The minimum atomic E-state index is -0.512. The number of carbonyl (C=O) groups is 1. The van der Waals surface area contributed by atoms with E-state index in [0.717, 1.165) is 44.1 Å². The molecule has 2 rings (SSSR count). The first-order valence-electron chi connectivity index (χ1n) is 9.84. The minimum absolute atomic E-state index is 0.162. The number of fused-ring (bicyclic) bond motifs is 1. The van der Waals surface area contributed by atoms with Crippen LogP contribution in [0.15, 0.2) is 23.8 Å². The first-order valence-corrected chi connectivity index (χ1v) is 9.84. The van der Waals surface area contributed by atoms with E-state index in [-0.39, 0.29) is 11.7 Å². The quantitative estimate of drug-likeness (QED) is 0.265. The summed E-state index contributed by atoms with van der Waals surface area (Å²) in [6.45, 7) is 9.71. The number of aromatic hydroxyl groups is 1. The first-order chi connectivity index (χ1) is 12.8. The van der Waals surface area contributed by atoms with Gasteiger partial charge in [-0.1, -0.05) is 31.4 Å². The zero-order chi connectivity index (χ0) is 20.0. The van der Waals surface area contributed by atoms with E-state index in [9.17, 15) is 9.90 Å². The second-order valence-corrected chi connectivity index (χ2v) is 7.75. The van der Waals surface area contributed by atoms with E-state index in [1.54, 1.807) is 6.07 Å². The van der Waals surface area contributed by atoms with Gasteiger partial charge >= 0.3 is 5.97 Å². The number of hydrogen-bond acceptors (Lipinski definition) is 4. The Morgan fingerprint density at radius 2 is 2.04 bits per heavy atom.